The van der Waals surface area contributed by atoms with Gasteiger partial charge in [-0.1, -0.05) is 6.07 Å². The van der Waals surface area contributed by atoms with Crippen molar-refractivity contribution in [2.24, 2.45) is 0 Å². The van der Waals surface area contributed by atoms with E-state index in [0.29, 0.717) is 22.7 Å². The lowest BCUT2D eigenvalue weighted by Gasteiger charge is -2.31. The number of benzene rings is 3. The highest BCUT2D eigenvalue weighted by Gasteiger charge is 2.31. The van der Waals surface area contributed by atoms with E-state index in [1.54, 1.807) is 38.3 Å². The molecule has 0 radical (unpaired) electrons. The Kier molecular flexibility index (Phi) is 6.61. The van der Waals surface area contributed by atoms with Crippen LogP contribution in [0, 0.1) is 21.4 Å². The monoisotopic (exact) mass is 452 g/mol. The van der Waals surface area contributed by atoms with Crippen LogP contribution in [-0.4, -0.2) is 26.6 Å². The Hall–Kier alpha value is -4.10. The maximum absolute atomic E-state index is 13.6. The standard InChI is InChI=1S/C22H20N4O5S/c1-16(24-18-8-12-21(31-2)13-9-18)25(19-10-6-17(15-23)7-11-19)32(29,30)22-5-3-4-20(14-22)26(27)28/h3-14,16,24H,1-2H3. The molecule has 9 nitrogen and oxygen atoms in total. The normalized spacial score (nSPS) is 11.8. The van der Waals surface area contributed by atoms with E-state index in [1.165, 1.54) is 42.5 Å². The van der Waals surface area contributed by atoms with Gasteiger partial charge in [-0.25, -0.2) is 12.7 Å². The summed E-state index contributed by atoms with van der Waals surface area (Å²) in [5.41, 5.74) is 0.981. The minimum atomic E-state index is -4.20. The fourth-order valence-corrected chi connectivity index (χ4v) is 4.73. The molecule has 0 amide bonds. The number of nitro groups is 1. The number of nitriles is 1. The average Bonchev–Trinajstić information content (AvgIpc) is 2.80. The molecule has 164 valence electrons. The maximum atomic E-state index is 13.6. The molecule has 0 fully saturated rings. The first-order valence-electron chi connectivity index (χ1n) is 9.46. The molecule has 1 N–H and O–H groups in total. The smallest absolute Gasteiger partial charge is 0.270 e. The molecular weight excluding hydrogens is 432 g/mol. The lowest BCUT2D eigenvalue weighted by Crippen LogP contribution is -2.43. The molecule has 0 bridgehead atoms. The van der Waals surface area contributed by atoms with Crippen LogP contribution in [0.15, 0.2) is 77.7 Å². The van der Waals surface area contributed by atoms with E-state index in [0.717, 1.165) is 10.4 Å². The van der Waals surface area contributed by atoms with Gasteiger partial charge in [0, 0.05) is 17.8 Å². The van der Waals surface area contributed by atoms with Crippen molar-refractivity contribution in [3.8, 4) is 11.8 Å². The van der Waals surface area contributed by atoms with Crippen molar-refractivity contribution in [1.82, 2.24) is 0 Å². The Morgan fingerprint density at radius 2 is 1.75 bits per heavy atom. The lowest BCUT2D eigenvalue weighted by molar-refractivity contribution is -0.385. The maximum Gasteiger partial charge on any atom is 0.270 e. The molecule has 32 heavy (non-hydrogen) atoms. The predicted octanol–water partition coefficient (Wildman–Crippen LogP) is 4.13. The number of ether oxygens (including phenoxy) is 1. The van der Waals surface area contributed by atoms with Crippen LogP contribution in [0.1, 0.15) is 12.5 Å². The molecule has 0 aliphatic carbocycles. The predicted molar refractivity (Wildman–Crippen MR) is 120 cm³/mol. The average molecular weight is 452 g/mol. The Morgan fingerprint density at radius 3 is 2.31 bits per heavy atom. The molecule has 3 rings (SSSR count). The molecule has 0 heterocycles. The summed E-state index contributed by atoms with van der Waals surface area (Å²) in [7, 11) is -2.66. The topological polar surface area (TPSA) is 126 Å². The molecule has 1 unspecified atom stereocenters. The Labute approximate surface area is 185 Å². The highest BCUT2D eigenvalue weighted by Crippen LogP contribution is 2.29. The van der Waals surface area contributed by atoms with Crippen LogP contribution in [-0.2, 0) is 10.0 Å². The van der Waals surface area contributed by atoms with Crippen LogP contribution in [0.5, 0.6) is 5.75 Å². The number of sulfonamides is 1. The number of hydrogen-bond acceptors (Lipinski definition) is 7. The van der Waals surface area contributed by atoms with E-state index in [9.17, 15) is 18.5 Å². The summed E-state index contributed by atoms with van der Waals surface area (Å²) in [6.07, 6.45) is -0.777. The van der Waals surface area contributed by atoms with Crippen molar-refractivity contribution in [1.29, 1.82) is 5.26 Å². The zero-order chi connectivity index (χ0) is 23.3. The van der Waals surface area contributed by atoms with Crippen LogP contribution in [0.25, 0.3) is 0 Å². The van der Waals surface area contributed by atoms with E-state index >= 15 is 0 Å². The molecular formula is C22H20N4O5S. The molecule has 0 saturated carbocycles. The number of methoxy groups -OCH3 is 1. The minimum absolute atomic E-state index is 0.223. The van der Waals surface area contributed by atoms with Crippen molar-refractivity contribution in [3.05, 3.63) is 88.5 Å². The second kappa shape index (κ2) is 9.36. The SMILES string of the molecule is COc1ccc(NC(C)N(c2ccc(C#N)cc2)S(=O)(=O)c2cccc([N+](=O)[O-])c2)cc1. The largest absolute Gasteiger partial charge is 0.497 e. The van der Waals surface area contributed by atoms with Gasteiger partial charge in [0.05, 0.1) is 34.2 Å². The van der Waals surface area contributed by atoms with Crippen LogP contribution in [0.2, 0.25) is 0 Å². The minimum Gasteiger partial charge on any atom is -0.497 e. The third kappa shape index (κ3) is 4.79. The lowest BCUT2D eigenvalue weighted by atomic mass is 10.2. The van der Waals surface area contributed by atoms with Gasteiger partial charge >= 0.3 is 0 Å². The van der Waals surface area contributed by atoms with Crippen molar-refractivity contribution in [2.45, 2.75) is 18.0 Å². The number of nitrogens with one attached hydrogen (secondary N) is 1. The van der Waals surface area contributed by atoms with Gasteiger partial charge in [-0.05, 0) is 61.5 Å². The first-order chi connectivity index (χ1) is 15.3. The fourth-order valence-electron chi connectivity index (χ4n) is 3.11. The third-order valence-corrected chi connectivity index (χ3v) is 6.55. The van der Waals surface area contributed by atoms with Gasteiger partial charge in [0.25, 0.3) is 15.7 Å². The summed E-state index contributed by atoms with van der Waals surface area (Å²) in [6.45, 7) is 1.65. The number of nitro benzene ring substituents is 1. The first-order valence-corrected chi connectivity index (χ1v) is 10.9. The van der Waals surface area contributed by atoms with E-state index in [-0.39, 0.29) is 10.6 Å². The van der Waals surface area contributed by atoms with E-state index < -0.39 is 21.1 Å². The Balaban J connectivity index is 2.05. The van der Waals surface area contributed by atoms with Crippen LogP contribution in [0.3, 0.4) is 0 Å². The second-order valence-corrected chi connectivity index (χ2v) is 8.58. The molecule has 3 aromatic carbocycles. The third-order valence-electron chi connectivity index (χ3n) is 4.65. The molecule has 0 spiro atoms. The van der Waals surface area contributed by atoms with Crippen LogP contribution in [0.4, 0.5) is 17.1 Å². The van der Waals surface area contributed by atoms with E-state index in [2.05, 4.69) is 5.32 Å². The number of anilines is 2. The quantitative estimate of drug-likeness (QED) is 0.309. The zero-order valence-corrected chi connectivity index (χ0v) is 18.1. The van der Waals surface area contributed by atoms with Gasteiger partial charge in [0.2, 0.25) is 0 Å². The molecule has 0 aromatic heterocycles. The van der Waals surface area contributed by atoms with Gasteiger partial charge < -0.3 is 10.1 Å². The summed E-state index contributed by atoms with van der Waals surface area (Å²) in [6, 6.07) is 19.9. The number of nitrogens with zero attached hydrogens (tertiary/aromatic N) is 3. The van der Waals surface area contributed by atoms with Gasteiger partial charge in [0.15, 0.2) is 0 Å². The molecule has 3 aromatic rings. The Morgan fingerprint density at radius 1 is 1.09 bits per heavy atom. The summed E-state index contributed by atoms with van der Waals surface area (Å²) in [5.74, 6) is 0.649. The molecule has 0 aliphatic heterocycles. The molecule has 1 atom stereocenters. The van der Waals surface area contributed by atoms with Gasteiger partial charge in [-0.3, -0.25) is 10.1 Å². The van der Waals surface area contributed by atoms with Gasteiger partial charge in [-0.15, -0.1) is 0 Å². The molecule has 0 saturated heterocycles. The van der Waals surface area contributed by atoms with Crippen LogP contribution >= 0.6 is 0 Å². The first kappa shape index (κ1) is 22.6. The van der Waals surface area contributed by atoms with E-state index in [4.69, 9.17) is 10.00 Å². The number of non-ortho nitro benzene ring substituents is 1. The number of rotatable bonds is 8. The zero-order valence-electron chi connectivity index (χ0n) is 17.3. The highest BCUT2D eigenvalue weighted by atomic mass is 32.2. The van der Waals surface area contributed by atoms with Crippen molar-refractivity contribution in [3.63, 3.8) is 0 Å². The molecule has 10 heteroatoms. The number of hydrogen-bond donors (Lipinski definition) is 1. The Bertz CT molecular complexity index is 1250. The van der Waals surface area contributed by atoms with Crippen molar-refractivity contribution >= 4 is 27.1 Å². The molecule has 0 aliphatic rings. The van der Waals surface area contributed by atoms with E-state index in [1.807, 2.05) is 6.07 Å². The summed E-state index contributed by atoms with van der Waals surface area (Å²) < 4.78 is 33.4. The summed E-state index contributed by atoms with van der Waals surface area (Å²) >= 11 is 0. The van der Waals surface area contributed by atoms with Gasteiger partial charge in [0.1, 0.15) is 11.9 Å². The fraction of sp³-hybridized carbons (Fsp3) is 0.136. The van der Waals surface area contributed by atoms with Crippen LogP contribution < -0.4 is 14.4 Å². The second-order valence-electron chi connectivity index (χ2n) is 6.76. The van der Waals surface area contributed by atoms with Gasteiger partial charge in [-0.2, -0.15) is 5.26 Å². The summed E-state index contributed by atoms with van der Waals surface area (Å²) in [4.78, 5) is 10.3. The summed E-state index contributed by atoms with van der Waals surface area (Å²) in [5, 5.41) is 23.4. The highest BCUT2D eigenvalue weighted by molar-refractivity contribution is 7.92. The van der Waals surface area contributed by atoms with Crippen molar-refractivity contribution < 1.29 is 18.1 Å². The van der Waals surface area contributed by atoms with Crippen molar-refractivity contribution in [2.75, 3.05) is 16.7 Å².